The Balaban J connectivity index is 1.64. The van der Waals surface area contributed by atoms with Crippen LogP contribution in [0.5, 0.6) is 0 Å². The average molecular weight is 433 g/mol. The molecule has 0 radical (unpaired) electrons. The van der Waals surface area contributed by atoms with E-state index in [4.69, 9.17) is 0 Å². The number of amidine groups is 1. The van der Waals surface area contributed by atoms with E-state index in [-0.39, 0.29) is 18.4 Å². The highest BCUT2D eigenvalue weighted by Crippen LogP contribution is 2.34. The van der Waals surface area contributed by atoms with Crippen LogP contribution in [-0.2, 0) is 16.1 Å². The SMILES string of the molecule is CCN=C1S/C(=C\c2cn(CC(=O)Nc3ccccc3)c3ccccc23)C(=O)N1CC. The number of hydrogen-bond donors (Lipinski definition) is 1. The van der Waals surface area contributed by atoms with E-state index >= 15 is 0 Å². The fraction of sp³-hybridized carbons (Fsp3) is 0.208. The van der Waals surface area contributed by atoms with Crippen LogP contribution in [0.3, 0.4) is 0 Å². The third-order valence-corrected chi connectivity index (χ3v) is 6.02. The fourth-order valence-electron chi connectivity index (χ4n) is 3.58. The molecule has 6 nitrogen and oxygen atoms in total. The van der Waals surface area contributed by atoms with Crippen molar-refractivity contribution in [1.29, 1.82) is 0 Å². The zero-order chi connectivity index (χ0) is 21.8. The first-order valence-electron chi connectivity index (χ1n) is 10.3. The average Bonchev–Trinajstić information content (AvgIpc) is 3.26. The van der Waals surface area contributed by atoms with Crippen molar-refractivity contribution in [3.63, 3.8) is 0 Å². The molecule has 158 valence electrons. The van der Waals surface area contributed by atoms with Crippen LogP contribution in [0, 0.1) is 0 Å². The van der Waals surface area contributed by atoms with Gasteiger partial charge in [0.1, 0.15) is 6.54 Å². The largest absolute Gasteiger partial charge is 0.337 e. The van der Waals surface area contributed by atoms with Gasteiger partial charge in [-0.3, -0.25) is 19.5 Å². The monoisotopic (exact) mass is 432 g/mol. The molecule has 2 heterocycles. The molecule has 1 fully saturated rings. The molecular weight excluding hydrogens is 408 g/mol. The van der Waals surface area contributed by atoms with Crippen molar-refractivity contribution in [3.05, 3.63) is 71.3 Å². The minimum Gasteiger partial charge on any atom is -0.337 e. The first-order chi connectivity index (χ1) is 15.1. The Morgan fingerprint density at radius 1 is 1.10 bits per heavy atom. The molecule has 0 spiro atoms. The van der Waals surface area contributed by atoms with Crippen LogP contribution in [0.4, 0.5) is 5.69 Å². The second-order valence-corrected chi connectivity index (χ2v) is 8.07. The number of hydrogen-bond acceptors (Lipinski definition) is 4. The van der Waals surface area contributed by atoms with Gasteiger partial charge in [-0.25, -0.2) is 0 Å². The van der Waals surface area contributed by atoms with Gasteiger partial charge in [0.2, 0.25) is 5.91 Å². The smallest absolute Gasteiger partial charge is 0.266 e. The van der Waals surface area contributed by atoms with E-state index in [1.807, 2.05) is 85.3 Å². The van der Waals surface area contributed by atoms with Gasteiger partial charge in [0.25, 0.3) is 5.91 Å². The summed E-state index contributed by atoms with van der Waals surface area (Å²) in [5.41, 5.74) is 2.62. The minimum atomic E-state index is -0.105. The number of carbonyl (C=O) groups is 2. The summed E-state index contributed by atoms with van der Waals surface area (Å²) in [7, 11) is 0. The Morgan fingerprint density at radius 2 is 1.84 bits per heavy atom. The van der Waals surface area contributed by atoms with Crippen LogP contribution in [0.2, 0.25) is 0 Å². The molecule has 0 unspecified atom stereocenters. The van der Waals surface area contributed by atoms with E-state index in [1.165, 1.54) is 11.8 Å². The summed E-state index contributed by atoms with van der Waals surface area (Å²) in [6, 6.07) is 17.3. The molecular formula is C24H24N4O2S. The van der Waals surface area contributed by atoms with Gasteiger partial charge in [-0.15, -0.1) is 0 Å². The molecule has 1 saturated heterocycles. The van der Waals surface area contributed by atoms with Crippen molar-refractivity contribution >= 4 is 51.4 Å². The van der Waals surface area contributed by atoms with E-state index in [0.717, 1.165) is 27.3 Å². The molecule has 2 aromatic carbocycles. The van der Waals surface area contributed by atoms with Crippen molar-refractivity contribution < 1.29 is 9.59 Å². The van der Waals surface area contributed by atoms with Crippen LogP contribution in [0.15, 0.2) is 70.7 Å². The van der Waals surface area contributed by atoms with Gasteiger partial charge in [-0.1, -0.05) is 36.4 Å². The number of carbonyl (C=O) groups excluding carboxylic acids is 2. The molecule has 0 bridgehead atoms. The summed E-state index contributed by atoms with van der Waals surface area (Å²) >= 11 is 1.40. The van der Waals surface area contributed by atoms with Crippen molar-refractivity contribution in [1.82, 2.24) is 9.47 Å². The number of benzene rings is 2. The number of para-hydroxylation sites is 2. The Kier molecular flexibility index (Phi) is 6.23. The van der Waals surface area contributed by atoms with Crippen molar-refractivity contribution in [3.8, 4) is 0 Å². The molecule has 2 amide bonds. The maximum absolute atomic E-state index is 12.8. The molecule has 0 saturated carbocycles. The van der Waals surface area contributed by atoms with Crippen molar-refractivity contribution in [2.24, 2.45) is 4.99 Å². The number of anilines is 1. The number of nitrogens with zero attached hydrogens (tertiary/aromatic N) is 3. The third kappa shape index (κ3) is 4.41. The van der Waals surface area contributed by atoms with Gasteiger partial charge in [-0.2, -0.15) is 0 Å². The highest BCUT2D eigenvalue weighted by atomic mass is 32.2. The van der Waals surface area contributed by atoms with E-state index in [1.54, 1.807) is 4.90 Å². The lowest BCUT2D eigenvalue weighted by Gasteiger charge is -2.11. The Hall–Kier alpha value is -3.32. The normalized spacial score (nSPS) is 16.6. The number of aromatic nitrogens is 1. The highest BCUT2D eigenvalue weighted by molar-refractivity contribution is 8.18. The summed E-state index contributed by atoms with van der Waals surface area (Å²) in [6.07, 6.45) is 3.84. The number of aliphatic imine (C=N–C) groups is 1. The van der Waals surface area contributed by atoms with Crippen LogP contribution in [0.1, 0.15) is 19.4 Å². The van der Waals surface area contributed by atoms with Crippen molar-refractivity contribution in [2.75, 3.05) is 18.4 Å². The van der Waals surface area contributed by atoms with Gasteiger partial charge < -0.3 is 9.88 Å². The lowest BCUT2D eigenvalue weighted by Crippen LogP contribution is -2.28. The first kappa shape index (κ1) is 20.9. The predicted octanol–water partition coefficient (Wildman–Crippen LogP) is 4.59. The van der Waals surface area contributed by atoms with Crippen molar-refractivity contribution in [2.45, 2.75) is 20.4 Å². The van der Waals surface area contributed by atoms with Gasteiger partial charge in [0.15, 0.2) is 5.17 Å². The van der Waals surface area contributed by atoms with Gasteiger partial charge in [-0.05, 0) is 49.9 Å². The number of amides is 2. The number of likely N-dealkylation sites (N-methyl/N-ethyl adjacent to an activating group) is 1. The summed E-state index contributed by atoms with van der Waals surface area (Å²) in [5, 5.41) is 4.66. The van der Waals surface area contributed by atoms with Crippen LogP contribution in [0.25, 0.3) is 17.0 Å². The molecule has 1 aliphatic rings. The maximum Gasteiger partial charge on any atom is 0.266 e. The first-order valence-corrected chi connectivity index (χ1v) is 11.1. The van der Waals surface area contributed by atoms with Crippen LogP contribution >= 0.6 is 11.8 Å². The molecule has 1 N–H and O–H groups in total. The number of rotatable bonds is 6. The Bertz CT molecular complexity index is 1180. The zero-order valence-electron chi connectivity index (χ0n) is 17.5. The topological polar surface area (TPSA) is 66.7 Å². The molecule has 0 aliphatic carbocycles. The molecule has 4 rings (SSSR count). The number of fused-ring (bicyclic) bond motifs is 1. The van der Waals surface area contributed by atoms with Crippen LogP contribution in [-0.4, -0.2) is 39.5 Å². The van der Waals surface area contributed by atoms with E-state index in [9.17, 15) is 9.59 Å². The third-order valence-electron chi connectivity index (χ3n) is 4.98. The summed E-state index contributed by atoms with van der Waals surface area (Å²) < 4.78 is 1.92. The molecule has 1 aliphatic heterocycles. The molecule has 0 atom stereocenters. The fourth-order valence-corrected chi connectivity index (χ4v) is 4.67. The van der Waals surface area contributed by atoms with E-state index in [0.29, 0.717) is 18.0 Å². The second kappa shape index (κ2) is 9.22. The minimum absolute atomic E-state index is 0.0293. The summed E-state index contributed by atoms with van der Waals surface area (Å²) in [4.78, 5) is 32.2. The lowest BCUT2D eigenvalue weighted by molar-refractivity contribution is -0.122. The maximum atomic E-state index is 12.8. The van der Waals surface area contributed by atoms with Gasteiger partial charge in [0.05, 0.1) is 4.91 Å². The molecule has 7 heteroatoms. The summed E-state index contributed by atoms with van der Waals surface area (Å²) in [5.74, 6) is -0.134. The van der Waals surface area contributed by atoms with Gasteiger partial charge >= 0.3 is 0 Å². The predicted molar refractivity (Wildman–Crippen MR) is 128 cm³/mol. The van der Waals surface area contributed by atoms with E-state index < -0.39 is 0 Å². The quantitative estimate of drug-likeness (QED) is 0.579. The molecule has 31 heavy (non-hydrogen) atoms. The number of thioether (sulfide) groups is 1. The second-order valence-electron chi connectivity index (χ2n) is 7.06. The van der Waals surface area contributed by atoms with Gasteiger partial charge in [0, 0.05) is 41.4 Å². The standard InChI is InChI=1S/C24H24N4O2S/c1-3-25-24-28(4-2)23(30)21(31-24)14-17-15-27(20-13-9-8-12-19(17)20)16-22(29)26-18-10-6-5-7-11-18/h5-15H,3-4,16H2,1-2H3,(H,26,29)/b21-14-,25-24?. The Morgan fingerprint density at radius 3 is 2.58 bits per heavy atom. The molecule has 1 aromatic heterocycles. The Labute approximate surface area is 185 Å². The number of nitrogens with one attached hydrogen (secondary N) is 1. The zero-order valence-corrected chi connectivity index (χ0v) is 18.4. The molecule has 3 aromatic rings. The lowest BCUT2D eigenvalue weighted by atomic mass is 10.1. The highest BCUT2D eigenvalue weighted by Gasteiger charge is 2.32. The van der Waals surface area contributed by atoms with E-state index in [2.05, 4.69) is 10.3 Å². The summed E-state index contributed by atoms with van der Waals surface area (Å²) in [6.45, 7) is 5.31. The van der Waals surface area contributed by atoms with Crippen LogP contribution < -0.4 is 5.32 Å².